The number of aliphatic hydroxyl groups excluding tert-OH is 1. The Labute approximate surface area is 106 Å². The second-order valence-electron chi connectivity index (χ2n) is 4.48. The smallest absolute Gasteiger partial charge is 0.149 e. The van der Waals surface area contributed by atoms with Crippen LogP contribution in [0.15, 0.2) is 36.7 Å². The minimum atomic E-state index is -0.688. The van der Waals surface area contributed by atoms with Crippen molar-refractivity contribution in [2.45, 2.75) is 32.1 Å². The van der Waals surface area contributed by atoms with E-state index >= 15 is 0 Å². The van der Waals surface area contributed by atoms with Crippen LogP contribution in [0.5, 0.6) is 5.75 Å². The highest BCUT2D eigenvalue weighted by Gasteiger charge is 2.32. The lowest BCUT2D eigenvalue weighted by molar-refractivity contribution is 0.0407. The van der Waals surface area contributed by atoms with Crippen molar-refractivity contribution in [3.05, 3.63) is 48.0 Å². The summed E-state index contributed by atoms with van der Waals surface area (Å²) in [5, 5.41) is 10.4. The minimum absolute atomic E-state index is 0.241. The van der Waals surface area contributed by atoms with Gasteiger partial charge >= 0.3 is 0 Å². The number of aliphatic hydroxyl groups is 1. The van der Waals surface area contributed by atoms with Crippen molar-refractivity contribution in [3.63, 3.8) is 0 Å². The molecule has 2 heterocycles. The number of fused-ring (bicyclic) bond motifs is 1. The maximum atomic E-state index is 10.4. The summed E-state index contributed by atoms with van der Waals surface area (Å²) in [5.74, 6) is 1.55. The van der Waals surface area contributed by atoms with E-state index in [4.69, 9.17) is 4.74 Å². The fraction of sp³-hybridized carbons (Fsp3) is 0.357. The molecule has 2 aromatic rings. The SMILES string of the molecule is CCn1ccnc1C(O)C1Cc2ccccc2O1. The van der Waals surface area contributed by atoms with Crippen molar-refractivity contribution in [1.29, 1.82) is 0 Å². The Morgan fingerprint density at radius 1 is 1.50 bits per heavy atom. The van der Waals surface area contributed by atoms with Gasteiger partial charge in [0, 0.05) is 25.4 Å². The first-order chi connectivity index (χ1) is 8.79. The normalized spacial score (nSPS) is 19.3. The standard InChI is InChI=1S/C14H16N2O2/c1-2-16-8-7-15-14(16)13(17)12-9-10-5-3-4-6-11(10)18-12/h3-8,12-13,17H,2,9H2,1H3. The molecule has 4 nitrogen and oxygen atoms in total. The predicted molar refractivity (Wildman–Crippen MR) is 67.4 cm³/mol. The lowest BCUT2D eigenvalue weighted by atomic mass is 10.1. The number of imidazole rings is 1. The summed E-state index contributed by atoms with van der Waals surface area (Å²) in [7, 11) is 0. The molecule has 2 atom stereocenters. The van der Waals surface area contributed by atoms with Crippen molar-refractivity contribution in [1.82, 2.24) is 9.55 Å². The predicted octanol–water partition coefficient (Wildman–Crippen LogP) is 1.94. The van der Waals surface area contributed by atoms with Crippen LogP contribution in [0.4, 0.5) is 0 Å². The van der Waals surface area contributed by atoms with Gasteiger partial charge in [0.05, 0.1) is 0 Å². The van der Waals surface area contributed by atoms with E-state index in [1.165, 1.54) is 0 Å². The van der Waals surface area contributed by atoms with Crippen LogP contribution >= 0.6 is 0 Å². The zero-order chi connectivity index (χ0) is 12.5. The molecule has 0 amide bonds. The van der Waals surface area contributed by atoms with Crippen molar-refractivity contribution in [2.24, 2.45) is 0 Å². The van der Waals surface area contributed by atoms with Crippen molar-refractivity contribution in [3.8, 4) is 5.75 Å². The van der Waals surface area contributed by atoms with Gasteiger partial charge in [0.25, 0.3) is 0 Å². The Balaban J connectivity index is 1.82. The Hall–Kier alpha value is -1.81. The molecule has 3 rings (SSSR count). The first kappa shape index (κ1) is 11.3. The van der Waals surface area contributed by atoms with E-state index in [1.54, 1.807) is 6.20 Å². The summed E-state index contributed by atoms with van der Waals surface area (Å²) < 4.78 is 7.73. The van der Waals surface area contributed by atoms with E-state index in [0.29, 0.717) is 5.82 Å². The van der Waals surface area contributed by atoms with Crippen LogP contribution in [-0.2, 0) is 13.0 Å². The summed E-state index contributed by atoms with van der Waals surface area (Å²) in [5.41, 5.74) is 1.15. The zero-order valence-electron chi connectivity index (χ0n) is 10.3. The number of hydrogen-bond donors (Lipinski definition) is 1. The van der Waals surface area contributed by atoms with Gasteiger partial charge in [-0.1, -0.05) is 18.2 Å². The second kappa shape index (κ2) is 4.46. The van der Waals surface area contributed by atoms with Crippen LogP contribution in [0.25, 0.3) is 0 Å². The third-order valence-electron chi connectivity index (χ3n) is 3.38. The molecule has 0 saturated heterocycles. The molecule has 0 spiro atoms. The molecule has 0 bridgehead atoms. The first-order valence-electron chi connectivity index (χ1n) is 6.23. The van der Waals surface area contributed by atoms with E-state index in [1.807, 2.05) is 42.0 Å². The van der Waals surface area contributed by atoms with Gasteiger partial charge in [-0.3, -0.25) is 0 Å². The maximum Gasteiger partial charge on any atom is 0.149 e. The summed E-state index contributed by atoms with van der Waals surface area (Å²) in [4.78, 5) is 4.23. The number of para-hydroxylation sites is 1. The van der Waals surface area contributed by atoms with Crippen LogP contribution in [0, 0.1) is 0 Å². The molecule has 1 aromatic carbocycles. The highest BCUT2D eigenvalue weighted by Crippen LogP contribution is 2.33. The molecule has 94 valence electrons. The quantitative estimate of drug-likeness (QED) is 0.897. The number of nitrogens with zero attached hydrogens (tertiary/aromatic N) is 2. The van der Waals surface area contributed by atoms with E-state index in [0.717, 1.165) is 24.3 Å². The van der Waals surface area contributed by atoms with Gasteiger partial charge in [-0.25, -0.2) is 4.98 Å². The van der Waals surface area contributed by atoms with Crippen molar-refractivity contribution < 1.29 is 9.84 Å². The topological polar surface area (TPSA) is 47.3 Å². The van der Waals surface area contributed by atoms with Crippen molar-refractivity contribution in [2.75, 3.05) is 0 Å². The van der Waals surface area contributed by atoms with Gasteiger partial charge in [0.2, 0.25) is 0 Å². The third kappa shape index (κ3) is 1.78. The molecule has 0 saturated carbocycles. The number of ether oxygens (including phenoxy) is 1. The number of benzene rings is 1. The Morgan fingerprint density at radius 2 is 2.33 bits per heavy atom. The van der Waals surface area contributed by atoms with Crippen LogP contribution in [0.2, 0.25) is 0 Å². The highest BCUT2D eigenvalue weighted by atomic mass is 16.5. The van der Waals surface area contributed by atoms with Gasteiger partial charge < -0.3 is 14.4 Å². The lowest BCUT2D eigenvalue weighted by Gasteiger charge is -2.18. The van der Waals surface area contributed by atoms with Gasteiger partial charge in [-0.2, -0.15) is 0 Å². The molecule has 0 aliphatic carbocycles. The molecule has 18 heavy (non-hydrogen) atoms. The van der Waals surface area contributed by atoms with Crippen LogP contribution in [-0.4, -0.2) is 20.8 Å². The molecule has 1 aliphatic rings. The number of aryl methyl sites for hydroxylation is 1. The van der Waals surface area contributed by atoms with E-state index in [2.05, 4.69) is 4.98 Å². The minimum Gasteiger partial charge on any atom is -0.487 e. The van der Waals surface area contributed by atoms with Gasteiger partial charge in [0.15, 0.2) is 0 Å². The molecular weight excluding hydrogens is 228 g/mol. The Bertz CT molecular complexity index is 525. The maximum absolute atomic E-state index is 10.4. The molecule has 1 N–H and O–H groups in total. The summed E-state index contributed by atoms with van der Waals surface area (Å²) in [6.45, 7) is 2.83. The molecule has 1 aliphatic heterocycles. The van der Waals surface area contributed by atoms with Gasteiger partial charge in [-0.05, 0) is 18.6 Å². The molecule has 0 radical (unpaired) electrons. The summed E-state index contributed by atoms with van der Waals surface area (Å²) in [6.07, 6.45) is 3.39. The second-order valence-corrected chi connectivity index (χ2v) is 4.48. The van der Waals surface area contributed by atoms with Crippen LogP contribution < -0.4 is 4.74 Å². The number of hydrogen-bond acceptors (Lipinski definition) is 3. The fourth-order valence-electron chi connectivity index (χ4n) is 2.41. The van der Waals surface area contributed by atoms with Crippen LogP contribution in [0.3, 0.4) is 0 Å². The van der Waals surface area contributed by atoms with E-state index in [-0.39, 0.29) is 6.10 Å². The monoisotopic (exact) mass is 244 g/mol. The van der Waals surface area contributed by atoms with Crippen LogP contribution in [0.1, 0.15) is 24.4 Å². The van der Waals surface area contributed by atoms with Crippen molar-refractivity contribution >= 4 is 0 Å². The molecule has 1 aromatic heterocycles. The Kier molecular flexibility index (Phi) is 2.80. The number of aromatic nitrogens is 2. The summed E-state index contributed by atoms with van der Waals surface area (Å²) in [6, 6.07) is 7.91. The molecule has 4 heteroatoms. The molecule has 0 fully saturated rings. The average molecular weight is 244 g/mol. The van der Waals surface area contributed by atoms with Gasteiger partial charge in [0.1, 0.15) is 23.8 Å². The third-order valence-corrected chi connectivity index (χ3v) is 3.38. The lowest BCUT2D eigenvalue weighted by Crippen LogP contribution is -2.25. The fourth-order valence-corrected chi connectivity index (χ4v) is 2.41. The van der Waals surface area contributed by atoms with E-state index < -0.39 is 6.10 Å². The average Bonchev–Trinajstić information content (AvgIpc) is 3.03. The largest absolute Gasteiger partial charge is 0.487 e. The summed E-state index contributed by atoms with van der Waals surface area (Å²) >= 11 is 0. The van der Waals surface area contributed by atoms with Gasteiger partial charge in [-0.15, -0.1) is 0 Å². The van der Waals surface area contributed by atoms with E-state index in [9.17, 15) is 5.11 Å². The molecular formula is C14H16N2O2. The zero-order valence-corrected chi connectivity index (χ0v) is 10.3. The first-order valence-corrected chi connectivity index (χ1v) is 6.23. The molecule has 2 unspecified atom stereocenters. The Morgan fingerprint density at radius 3 is 3.11 bits per heavy atom. The highest BCUT2D eigenvalue weighted by molar-refractivity contribution is 5.37. The number of rotatable bonds is 3.